The van der Waals surface area contributed by atoms with E-state index in [0.29, 0.717) is 12.1 Å². The van der Waals surface area contributed by atoms with Gasteiger partial charge in [-0.2, -0.15) is 72.0 Å². The number of anilines is 2. The van der Waals surface area contributed by atoms with Crippen LogP contribution in [0, 0.1) is 0 Å². The predicted octanol–water partition coefficient (Wildman–Crippen LogP) is 4.90. The largest absolute Gasteiger partial charge is 0.460 e. The van der Waals surface area contributed by atoms with Gasteiger partial charge in [0, 0.05) is 11.1 Å². The summed E-state index contributed by atoms with van der Waals surface area (Å²) < 4.78 is 172. The summed E-state index contributed by atoms with van der Waals surface area (Å²) >= 11 is 0. The van der Waals surface area contributed by atoms with Gasteiger partial charge in [0.05, 0.1) is 0 Å². The molecule has 0 bridgehead atoms. The summed E-state index contributed by atoms with van der Waals surface area (Å²) in [6, 6.07) is 0.896. The van der Waals surface area contributed by atoms with Crippen molar-refractivity contribution in [2.24, 2.45) is 0 Å². The molecule has 0 amide bonds. The molecule has 2 rings (SSSR count). The third-order valence-corrected chi connectivity index (χ3v) is 4.11. The average molecular weight is 505 g/mol. The number of nitrogens with two attached hydrogens (primary N) is 2. The Kier molecular flexibility index (Phi) is 5.93. The van der Waals surface area contributed by atoms with Crippen LogP contribution in [0.2, 0.25) is 0 Å². The van der Waals surface area contributed by atoms with Gasteiger partial charge in [-0.25, -0.2) is 0 Å². The van der Waals surface area contributed by atoms with E-state index in [1.807, 2.05) is 0 Å². The molecule has 0 fully saturated rings. The first-order chi connectivity index (χ1) is 14.6. The molecule has 1 aromatic heterocycles. The lowest BCUT2D eigenvalue weighted by atomic mass is 9.90. The Bertz CT molecular complexity index is 998. The number of alkyl halides is 13. The first-order valence-electron chi connectivity index (χ1n) is 7.95. The third-order valence-electron chi connectivity index (χ3n) is 4.11. The van der Waals surface area contributed by atoms with Crippen LogP contribution in [0.15, 0.2) is 24.3 Å². The summed E-state index contributed by atoms with van der Waals surface area (Å²) in [5.41, 5.74) is 8.05. The van der Waals surface area contributed by atoms with Crippen LogP contribution in [0.1, 0.15) is 5.56 Å². The maximum Gasteiger partial charge on any atom is 0.460 e. The van der Waals surface area contributed by atoms with Gasteiger partial charge in [-0.05, 0) is 0 Å². The van der Waals surface area contributed by atoms with E-state index in [4.69, 9.17) is 11.5 Å². The molecule has 18 heteroatoms. The van der Waals surface area contributed by atoms with Crippen molar-refractivity contribution < 1.29 is 57.1 Å². The van der Waals surface area contributed by atoms with Crippen molar-refractivity contribution in [1.29, 1.82) is 0 Å². The lowest BCUT2D eigenvalue weighted by molar-refractivity contribution is -0.441. The van der Waals surface area contributed by atoms with E-state index in [-0.39, 0.29) is 17.7 Å². The van der Waals surface area contributed by atoms with Crippen molar-refractivity contribution in [3.8, 4) is 11.4 Å². The summed E-state index contributed by atoms with van der Waals surface area (Å²) in [7, 11) is 0. The van der Waals surface area contributed by atoms with E-state index >= 15 is 0 Å². The molecular weight excluding hydrogens is 497 g/mol. The summed E-state index contributed by atoms with van der Waals surface area (Å²) in [5.74, 6) is -38.8. The van der Waals surface area contributed by atoms with Crippen LogP contribution in [-0.4, -0.2) is 44.8 Å². The molecule has 0 saturated carbocycles. The molecule has 5 nitrogen and oxygen atoms in total. The van der Waals surface area contributed by atoms with E-state index in [0.717, 1.165) is 0 Å². The number of hydrogen-bond acceptors (Lipinski definition) is 5. The number of hydrogen-bond donors (Lipinski definition) is 2. The minimum absolute atomic E-state index is 0.0322. The molecule has 4 N–H and O–H groups in total. The van der Waals surface area contributed by atoms with Crippen LogP contribution < -0.4 is 11.5 Å². The highest BCUT2D eigenvalue weighted by Crippen LogP contribution is 2.62. The fourth-order valence-electron chi connectivity index (χ4n) is 2.32. The molecule has 1 aromatic carbocycles. The van der Waals surface area contributed by atoms with Gasteiger partial charge in [0.1, 0.15) is 0 Å². The van der Waals surface area contributed by atoms with Gasteiger partial charge >= 0.3 is 35.8 Å². The van der Waals surface area contributed by atoms with E-state index in [1.54, 1.807) is 0 Å². The topological polar surface area (TPSA) is 90.7 Å². The molecule has 0 aliphatic heterocycles. The van der Waals surface area contributed by atoms with Crippen molar-refractivity contribution in [2.45, 2.75) is 35.8 Å². The summed E-state index contributed by atoms with van der Waals surface area (Å²) in [6.07, 6.45) is -7.47. The second-order valence-corrected chi connectivity index (χ2v) is 6.32. The normalized spacial score (nSPS) is 14.5. The minimum Gasteiger partial charge on any atom is -0.368 e. The Labute approximate surface area is 173 Å². The minimum atomic E-state index is -7.97. The smallest absolute Gasteiger partial charge is 0.368 e. The number of benzene rings is 1. The van der Waals surface area contributed by atoms with Crippen LogP contribution >= 0.6 is 0 Å². The molecule has 0 atom stereocenters. The van der Waals surface area contributed by atoms with Crippen molar-refractivity contribution in [3.63, 3.8) is 0 Å². The fourth-order valence-corrected chi connectivity index (χ4v) is 2.32. The zero-order valence-electron chi connectivity index (χ0n) is 15.2. The zero-order valence-corrected chi connectivity index (χ0v) is 15.2. The summed E-state index contributed by atoms with van der Waals surface area (Å²) in [5, 5.41) is 0. The number of nitrogens with zero attached hydrogens (tertiary/aromatic N) is 3. The quantitative estimate of drug-likeness (QED) is 0.546. The Morgan fingerprint density at radius 3 is 1.30 bits per heavy atom. The number of halogens is 13. The van der Waals surface area contributed by atoms with Gasteiger partial charge in [-0.15, -0.1) is 0 Å². The maximum absolute atomic E-state index is 14.1. The highest BCUT2D eigenvalue weighted by molar-refractivity contribution is 5.58. The summed E-state index contributed by atoms with van der Waals surface area (Å²) in [6.45, 7) is 0. The molecule has 33 heavy (non-hydrogen) atoms. The fraction of sp³-hybridized carbons (Fsp3) is 0.400. The first kappa shape index (κ1) is 26.2. The lowest BCUT2D eigenvalue weighted by Gasteiger charge is -2.39. The SMILES string of the molecule is Nc1nc(N)nc(-c2ccc(C(F)(F)C(F)(F)C(F)(F)C(F)(F)C(F)(F)C(F)(F)F)cc2)n1. The van der Waals surface area contributed by atoms with Gasteiger partial charge in [-0.1, -0.05) is 24.3 Å². The van der Waals surface area contributed by atoms with Crippen molar-refractivity contribution in [3.05, 3.63) is 29.8 Å². The van der Waals surface area contributed by atoms with Crippen molar-refractivity contribution in [2.75, 3.05) is 11.5 Å². The number of aromatic nitrogens is 3. The van der Waals surface area contributed by atoms with Crippen molar-refractivity contribution >= 4 is 11.9 Å². The maximum atomic E-state index is 14.1. The predicted molar refractivity (Wildman–Crippen MR) is 83.8 cm³/mol. The van der Waals surface area contributed by atoms with E-state index in [9.17, 15) is 57.1 Å². The molecule has 184 valence electrons. The summed E-state index contributed by atoms with van der Waals surface area (Å²) in [4.78, 5) is 10.3. The molecule has 0 aliphatic carbocycles. The Hall–Kier alpha value is -3.08. The molecule has 0 aliphatic rings. The third kappa shape index (κ3) is 3.84. The Morgan fingerprint density at radius 1 is 0.515 bits per heavy atom. The molecule has 0 spiro atoms. The van der Waals surface area contributed by atoms with Gasteiger partial charge in [0.2, 0.25) is 11.9 Å². The Morgan fingerprint density at radius 2 is 0.909 bits per heavy atom. The second-order valence-electron chi connectivity index (χ2n) is 6.32. The lowest BCUT2D eigenvalue weighted by Crippen LogP contribution is -2.69. The molecule has 1 heterocycles. The van der Waals surface area contributed by atoms with Gasteiger partial charge in [0.15, 0.2) is 5.82 Å². The highest BCUT2D eigenvalue weighted by Gasteiger charge is 2.90. The van der Waals surface area contributed by atoms with Gasteiger partial charge in [0.25, 0.3) is 0 Å². The van der Waals surface area contributed by atoms with Crippen molar-refractivity contribution in [1.82, 2.24) is 15.0 Å². The highest BCUT2D eigenvalue weighted by atomic mass is 19.4. The van der Waals surface area contributed by atoms with Crippen LogP contribution in [0.5, 0.6) is 0 Å². The Balaban J connectivity index is 2.53. The first-order valence-corrected chi connectivity index (χ1v) is 7.95. The van der Waals surface area contributed by atoms with Crippen LogP contribution in [-0.2, 0) is 5.92 Å². The van der Waals surface area contributed by atoms with E-state index < -0.39 is 59.1 Å². The van der Waals surface area contributed by atoms with Gasteiger partial charge in [-0.3, -0.25) is 0 Å². The molecule has 2 aromatic rings. The molecule has 0 radical (unpaired) electrons. The van der Waals surface area contributed by atoms with Crippen LogP contribution in [0.4, 0.5) is 69.0 Å². The van der Waals surface area contributed by atoms with E-state index in [2.05, 4.69) is 15.0 Å². The number of rotatable bonds is 6. The second kappa shape index (κ2) is 7.47. The molecule has 0 saturated heterocycles. The monoisotopic (exact) mass is 505 g/mol. The molecular formula is C15H8F13N5. The zero-order chi connectivity index (χ0) is 25.8. The van der Waals surface area contributed by atoms with Crippen LogP contribution in [0.25, 0.3) is 11.4 Å². The average Bonchev–Trinajstić information content (AvgIpc) is 2.65. The van der Waals surface area contributed by atoms with Gasteiger partial charge < -0.3 is 11.5 Å². The van der Waals surface area contributed by atoms with E-state index in [1.165, 1.54) is 0 Å². The number of nitrogen functional groups attached to an aromatic ring is 2. The van der Waals surface area contributed by atoms with Crippen LogP contribution in [0.3, 0.4) is 0 Å². The molecule has 0 unspecified atom stereocenters. The standard InChI is InChI=1S/C15H8F13N5/c16-10(17,6-3-1-5(2-4-6)7-31-8(29)33-9(30)32-7)11(18,19)12(20,21)13(22,23)14(24,25)15(26,27)28/h1-4H,(H4,29,30,31,32,33).